The molecule has 0 radical (unpaired) electrons. The van der Waals surface area contributed by atoms with Crippen LogP contribution in [0.1, 0.15) is 12.8 Å². The van der Waals surface area contributed by atoms with Crippen LogP contribution in [0.25, 0.3) is 0 Å². The second-order valence-electron chi connectivity index (χ2n) is 5.32. The highest BCUT2D eigenvalue weighted by Gasteiger charge is 2.46. The van der Waals surface area contributed by atoms with Crippen molar-refractivity contribution >= 4 is 23.5 Å². The van der Waals surface area contributed by atoms with Gasteiger partial charge in [0.1, 0.15) is 5.75 Å². The maximum Gasteiger partial charge on any atom is 0.340 e. The molecule has 2 saturated heterocycles. The molecule has 7 nitrogen and oxygen atoms in total. The number of carbonyl (C=O) groups is 3. The predicted molar refractivity (Wildman–Crippen MR) is 78.4 cm³/mol. The summed E-state index contributed by atoms with van der Waals surface area (Å²) in [6.07, 6.45) is 2.10. The van der Waals surface area contributed by atoms with Crippen LogP contribution in [0, 0.1) is 0 Å². The first-order valence-electron chi connectivity index (χ1n) is 7.18. The Morgan fingerprint density at radius 2 is 1.64 bits per heavy atom. The van der Waals surface area contributed by atoms with Gasteiger partial charge in [-0.15, -0.1) is 0 Å². The van der Waals surface area contributed by atoms with Crippen LogP contribution in [0.3, 0.4) is 0 Å². The molecular weight excluding hydrogens is 286 g/mol. The van der Waals surface area contributed by atoms with E-state index in [0.717, 1.165) is 35.7 Å². The van der Waals surface area contributed by atoms with Gasteiger partial charge in [-0.2, -0.15) is 0 Å². The monoisotopic (exact) mass is 303 g/mol. The predicted octanol–water partition coefficient (Wildman–Crippen LogP) is 1.04. The zero-order chi connectivity index (χ0) is 15.7. The van der Waals surface area contributed by atoms with Crippen molar-refractivity contribution in [3.63, 3.8) is 0 Å². The van der Waals surface area contributed by atoms with E-state index in [2.05, 4.69) is 0 Å². The largest absolute Gasteiger partial charge is 0.497 e. The minimum Gasteiger partial charge on any atom is -0.497 e. The Balaban J connectivity index is 1.81. The molecule has 7 heteroatoms. The molecule has 0 N–H and O–H groups in total. The molecule has 4 amide bonds. The number of hydrogen-bond donors (Lipinski definition) is 0. The van der Waals surface area contributed by atoms with Crippen LogP contribution in [-0.2, 0) is 9.59 Å². The molecule has 116 valence electrons. The lowest BCUT2D eigenvalue weighted by Crippen LogP contribution is -2.41. The Morgan fingerprint density at radius 3 is 2.23 bits per heavy atom. The van der Waals surface area contributed by atoms with Crippen molar-refractivity contribution < 1.29 is 19.1 Å². The standard InChI is InChI=1S/C15H17N3O4/c1-22-12-6-4-11(5-7-12)18-14(20)13(19)17(15(18)21)10-16-8-2-3-9-16/h4-7H,2-3,8-10H2,1H3. The second-order valence-corrected chi connectivity index (χ2v) is 5.32. The van der Waals surface area contributed by atoms with Crippen molar-refractivity contribution in [1.82, 2.24) is 9.80 Å². The van der Waals surface area contributed by atoms with Gasteiger partial charge in [0.2, 0.25) is 0 Å². The summed E-state index contributed by atoms with van der Waals surface area (Å²) >= 11 is 0. The molecular formula is C15H17N3O4. The summed E-state index contributed by atoms with van der Waals surface area (Å²) in [6.45, 7) is 1.86. The number of ether oxygens (including phenoxy) is 1. The van der Waals surface area contributed by atoms with Crippen LogP contribution in [0.2, 0.25) is 0 Å². The molecule has 0 aromatic heterocycles. The summed E-state index contributed by atoms with van der Waals surface area (Å²) in [6, 6.07) is 5.86. The number of amides is 4. The van der Waals surface area contributed by atoms with E-state index in [4.69, 9.17) is 4.74 Å². The number of imide groups is 2. The summed E-state index contributed by atoms with van der Waals surface area (Å²) in [5.74, 6) is -0.967. The fourth-order valence-electron chi connectivity index (χ4n) is 2.71. The molecule has 0 saturated carbocycles. The number of nitrogens with zero attached hydrogens (tertiary/aromatic N) is 3. The SMILES string of the molecule is COc1ccc(N2C(=O)C(=O)N(CN3CCCC3)C2=O)cc1. The van der Waals surface area contributed by atoms with Crippen LogP contribution >= 0.6 is 0 Å². The summed E-state index contributed by atoms with van der Waals surface area (Å²) in [5, 5.41) is 0. The minimum absolute atomic E-state index is 0.177. The van der Waals surface area contributed by atoms with Gasteiger partial charge in [-0.3, -0.25) is 14.5 Å². The van der Waals surface area contributed by atoms with Gasteiger partial charge in [0.05, 0.1) is 19.5 Å². The van der Waals surface area contributed by atoms with Gasteiger partial charge in [0, 0.05) is 0 Å². The fraction of sp³-hybridized carbons (Fsp3) is 0.400. The van der Waals surface area contributed by atoms with Gasteiger partial charge in [0.15, 0.2) is 0 Å². The van der Waals surface area contributed by atoms with Crippen molar-refractivity contribution in [1.29, 1.82) is 0 Å². The first-order chi connectivity index (χ1) is 10.6. The third-order valence-electron chi connectivity index (χ3n) is 3.92. The lowest BCUT2D eigenvalue weighted by molar-refractivity contribution is -0.140. The molecule has 2 aliphatic heterocycles. The number of methoxy groups -OCH3 is 1. The number of carbonyl (C=O) groups excluding carboxylic acids is 3. The Labute approximate surface area is 128 Å². The first-order valence-corrected chi connectivity index (χ1v) is 7.18. The molecule has 3 rings (SSSR count). The minimum atomic E-state index is -0.811. The van der Waals surface area contributed by atoms with Gasteiger partial charge >= 0.3 is 17.8 Å². The van der Waals surface area contributed by atoms with E-state index in [-0.39, 0.29) is 6.67 Å². The van der Waals surface area contributed by atoms with Crippen LogP contribution in [0.4, 0.5) is 10.5 Å². The van der Waals surface area contributed by atoms with E-state index in [9.17, 15) is 14.4 Å². The van der Waals surface area contributed by atoms with E-state index in [1.165, 1.54) is 7.11 Å². The highest BCUT2D eigenvalue weighted by molar-refractivity contribution is 6.52. The smallest absolute Gasteiger partial charge is 0.340 e. The van der Waals surface area contributed by atoms with E-state index >= 15 is 0 Å². The van der Waals surface area contributed by atoms with Crippen LogP contribution < -0.4 is 9.64 Å². The molecule has 22 heavy (non-hydrogen) atoms. The number of likely N-dealkylation sites (tertiary alicyclic amines) is 1. The molecule has 1 aromatic rings. The zero-order valence-electron chi connectivity index (χ0n) is 12.3. The number of anilines is 1. The molecule has 0 spiro atoms. The fourth-order valence-corrected chi connectivity index (χ4v) is 2.71. The van der Waals surface area contributed by atoms with Crippen LogP contribution in [-0.4, -0.2) is 54.5 Å². The first kappa shape index (κ1) is 14.5. The van der Waals surface area contributed by atoms with Crippen LogP contribution in [0.5, 0.6) is 5.75 Å². The van der Waals surface area contributed by atoms with E-state index in [1.807, 2.05) is 4.90 Å². The lowest BCUT2D eigenvalue weighted by atomic mass is 10.3. The molecule has 0 atom stereocenters. The number of rotatable bonds is 4. The quantitative estimate of drug-likeness (QED) is 0.614. The van der Waals surface area contributed by atoms with Gasteiger partial charge in [-0.1, -0.05) is 0 Å². The lowest BCUT2D eigenvalue weighted by Gasteiger charge is -2.21. The zero-order valence-corrected chi connectivity index (χ0v) is 12.3. The number of benzene rings is 1. The molecule has 1 aromatic carbocycles. The van der Waals surface area contributed by atoms with Gasteiger partial charge in [-0.25, -0.2) is 14.6 Å². The summed E-state index contributed by atoms with van der Waals surface area (Å²) in [5.41, 5.74) is 0.369. The highest BCUT2D eigenvalue weighted by atomic mass is 16.5. The van der Waals surface area contributed by atoms with E-state index in [1.54, 1.807) is 24.3 Å². The maximum atomic E-state index is 12.4. The number of urea groups is 1. The maximum absolute atomic E-state index is 12.4. The van der Waals surface area contributed by atoms with Gasteiger partial charge in [-0.05, 0) is 50.2 Å². The average molecular weight is 303 g/mol. The second kappa shape index (κ2) is 5.76. The third-order valence-corrected chi connectivity index (χ3v) is 3.92. The highest BCUT2D eigenvalue weighted by Crippen LogP contribution is 2.25. The molecule has 0 aliphatic carbocycles. The van der Waals surface area contributed by atoms with E-state index in [0.29, 0.717) is 11.4 Å². The molecule has 2 aliphatic rings. The summed E-state index contributed by atoms with van der Waals surface area (Å²) in [4.78, 5) is 40.5. The van der Waals surface area contributed by atoms with Gasteiger partial charge in [0.25, 0.3) is 0 Å². The molecule has 2 heterocycles. The summed E-state index contributed by atoms with van der Waals surface area (Å²) < 4.78 is 5.04. The topological polar surface area (TPSA) is 70.2 Å². The van der Waals surface area contributed by atoms with Gasteiger partial charge < -0.3 is 4.74 Å². The normalized spacial score (nSPS) is 19.4. The van der Waals surface area contributed by atoms with Crippen molar-refractivity contribution in [2.75, 3.05) is 31.8 Å². The van der Waals surface area contributed by atoms with Crippen molar-refractivity contribution in [3.8, 4) is 5.75 Å². The van der Waals surface area contributed by atoms with Crippen molar-refractivity contribution in [2.24, 2.45) is 0 Å². The molecule has 0 bridgehead atoms. The Morgan fingerprint density at radius 1 is 1.00 bits per heavy atom. The van der Waals surface area contributed by atoms with Crippen molar-refractivity contribution in [2.45, 2.75) is 12.8 Å². The summed E-state index contributed by atoms with van der Waals surface area (Å²) in [7, 11) is 1.53. The molecule has 2 fully saturated rings. The third kappa shape index (κ3) is 2.43. The Bertz CT molecular complexity index is 608. The van der Waals surface area contributed by atoms with Crippen LogP contribution in [0.15, 0.2) is 24.3 Å². The Kier molecular flexibility index (Phi) is 3.81. The van der Waals surface area contributed by atoms with Crippen molar-refractivity contribution in [3.05, 3.63) is 24.3 Å². The van der Waals surface area contributed by atoms with E-state index < -0.39 is 17.8 Å². The molecule has 0 unspecified atom stereocenters. The average Bonchev–Trinajstić information content (AvgIpc) is 3.11. The number of hydrogen-bond acceptors (Lipinski definition) is 5. The Hall–Kier alpha value is -2.41.